The minimum absolute atomic E-state index is 0.771. The summed E-state index contributed by atoms with van der Waals surface area (Å²) in [6, 6.07) is 0. The molecule has 162 valence electrons. The van der Waals surface area contributed by atoms with Gasteiger partial charge in [-0.25, -0.2) is 0 Å². The first-order valence-electron chi connectivity index (χ1n) is 15.6. The van der Waals surface area contributed by atoms with Crippen LogP contribution in [-0.2, 0) is 0 Å². The first kappa shape index (κ1) is 13.9. The third-order valence-corrected chi connectivity index (χ3v) is 22.2. The van der Waals surface area contributed by atoms with Crippen molar-refractivity contribution in [2.24, 2.45) is 157 Å². The fraction of sp³-hybridized carbons (Fsp3) is 1.00. The zero-order chi connectivity index (χ0) is 19.5. The number of hydrogen-bond acceptors (Lipinski definition) is 0. The Kier molecular flexibility index (Phi) is 1.19. The maximum Gasteiger partial charge on any atom is -0.00964 e. The molecule has 0 nitrogen and oxygen atoms in total. The van der Waals surface area contributed by atoms with E-state index in [-0.39, 0.29) is 0 Å². The highest BCUT2D eigenvalue weighted by atomic mass is 15.2. The fourth-order valence-electron chi connectivity index (χ4n) is 24.9. The Balaban J connectivity index is 1.17. The highest BCUT2D eigenvalue weighted by Crippen LogP contribution is 3.23. The molecule has 16 aliphatic carbocycles. The molecule has 16 aliphatic rings. The Morgan fingerprint density at radius 2 is 1.41 bits per heavy atom. The van der Waals surface area contributed by atoms with Gasteiger partial charge < -0.3 is 0 Å². The van der Waals surface area contributed by atoms with Crippen molar-refractivity contribution in [1.82, 2.24) is 0 Å². The van der Waals surface area contributed by atoms with E-state index in [9.17, 15) is 0 Å². The summed E-state index contributed by atoms with van der Waals surface area (Å²) in [6.07, 6.45) is 3.56. The van der Waals surface area contributed by atoms with Gasteiger partial charge in [0.2, 0.25) is 0 Å². The van der Waals surface area contributed by atoms with Crippen LogP contribution in [0, 0.1) is 157 Å². The van der Waals surface area contributed by atoms with Crippen molar-refractivity contribution in [1.29, 1.82) is 0 Å². The maximum atomic E-state index is 2.92. The van der Waals surface area contributed by atoms with E-state index in [1.54, 1.807) is 12.8 Å². The van der Waals surface area contributed by atoms with Crippen molar-refractivity contribution < 1.29 is 0 Å². The monoisotopic (exact) mass is 418 g/mol. The highest BCUT2D eigenvalue weighted by molar-refractivity contribution is 5.66. The second-order valence-electron chi connectivity index (χ2n) is 18.6. The average Bonchev–Trinajstić information content (AvgIpc) is 3.27. The van der Waals surface area contributed by atoms with Crippen LogP contribution in [-0.4, -0.2) is 0 Å². The number of fused-ring (bicyclic) bond motifs is 5. The summed E-state index contributed by atoms with van der Waals surface area (Å²) < 4.78 is 0. The smallest absolute Gasteiger partial charge is 0.00964 e. The normalized spacial score (nSPS) is 109. The van der Waals surface area contributed by atoms with E-state index in [1.807, 2.05) is 0 Å². The lowest BCUT2D eigenvalue weighted by atomic mass is 8.92. The highest BCUT2D eigenvalue weighted by Gasteiger charge is 3.21. The van der Waals surface area contributed by atoms with Crippen LogP contribution in [0.1, 0.15) is 33.6 Å². The second kappa shape index (κ2) is 2.74. The van der Waals surface area contributed by atoms with E-state index in [1.165, 1.54) is 112 Å². The number of rotatable bonds is 0. The predicted octanol–water partition coefficient (Wildman–Crippen LogP) is 4.90. The van der Waals surface area contributed by atoms with E-state index in [2.05, 4.69) is 20.8 Å². The Morgan fingerprint density at radius 1 is 0.562 bits per heavy atom. The molecule has 5 spiro atoms. The molecule has 27 unspecified atom stereocenters. The lowest BCUT2D eigenvalue weighted by molar-refractivity contribution is -0.654. The molecule has 0 heterocycles. The molecule has 0 aromatic carbocycles. The standard InChI is InChI=1S/C32H34/c1-6-15-12-11-9-4-8-5-10-19-16-7(2)27(6,3)31(15,16)32(19)24-22-14-21-13(12)20(11)28(21)18(9)23-17(8)30(10,32)26(24)29(22,23)25(14)28/h6-26H,4-5H2,1-3H3. The van der Waals surface area contributed by atoms with Gasteiger partial charge in [0.15, 0.2) is 0 Å². The van der Waals surface area contributed by atoms with Gasteiger partial charge in [-0.1, -0.05) is 20.8 Å². The van der Waals surface area contributed by atoms with Gasteiger partial charge in [-0.15, -0.1) is 0 Å². The third kappa shape index (κ3) is 0.536. The Bertz CT molecular complexity index is 1340. The Labute approximate surface area is 190 Å². The molecule has 0 saturated heterocycles. The van der Waals surface area contributed by atoms with Gasteiger partial charge in [0.25, 0.3) is 0 Å². The van der Waals surface area contributed by atoms with E-state index in [4.69, 9.17) is 0 Å². The molecule has 16 fully saturated rings. The minimum Gasteiger partial charge on any atom is -0.0617 e. The lowest BCUT2D eigenvalue weighted by Gasteiger charge is -3.11. The molecule has 16 rings (SSSR count). The van der Waals surface area contributed by atoms with E-state index < -0.39 is 0 Å². The SMILES string of the molecule is CC1C2C3C4C5CC6CC7C8C9C(C)C1(C)C29C81C2C8C9C%10C3C4C%103C5C4C6C71C2C48C93. The van der Waals surface area contributed by atoms with Crippen LogP contribution < -0.4 is 0 Å². The average molecular weight is 419 g/mol. The summed E-state index contributed by atoms with van der Waals surface area (Å²) in [7, 11) is 0. The first-order valence-corrected chi connectivity index (χ1v) is 15.6. The molecular weight excluding hydrogens is 384 g/mol. The van der Waals surface area contributed by atoms with Crippen LogP contribution in [0.15, 0.2) is 0 Å². The fourth-order valence-corrected chi connectivity index (χ4v) is 24.9. The molecule has 0 aliphatic heterocycles. The van der Waals surface area contributed by atoms with Gasteiger partial charge in [-0.3, -0.25) is 0 Å². The van der Waals surface area contributed by atoms with Crippen LogP contribution in [0.5, 0.6) is 0 Å². The van der Waals surface area contributed by atoms with Gasteiger partial charge in [0.05, 0.1) is 0 Å². The lowest BCUT2D eigenvalue weighted by Crippen LogP contribution is -3.09. The summed E-state index contributed by atoms with van der Waals surface area (Å²) in [4.78, 5) is 0. The molecule has 0 bridgehead atoms. The largest absolute Gasteiger partial charge is 0.0617 e. The molecule has 0 N–H and O–H groups in total. The third-order valence-electron chi connectivity index (χ3n) is 22.2. The van der Waals surface area contributed by atoms with Crippen molar-refractivity contribution >= 4 is 0 Å². The topological polar surface area (TPSA) is 0 Å². The van der Waals surface area contributed by atoms with Crippen LogP contribution in [0.4, 0.5) is 0 Å². The summed E-state index contributed by atoms with van der Waals surface area (Å²) in [6.45, 7) is 8.54. The van der Waals surface area contributed by atoms with E-state index in [0.29, 0.717) is 0 Å². The molecule has 0 aromatic heterocycles. The van der Waals surface area contributed by atoms with Crippen LogP contribution in [0.3, 0.4) is 0 Å². The Morgan fingerprint density at radius 3 is 2.31 bits per heavy atom. The van der Waals surface area contributed by atoms with Crippen molar-refractivity contribution in [2.45, 2.75) is 33.6 Å². The van der Waals surface area contributed by atoms with Crippen LogP contribution in [0.2, 0.25) is 0 Å². The van der Waals surface area contributed by atoms with Gasteiger partial charge in [0, 0.05) is 0 Å². The van der Waals surface area contributed by atoms with Crippen LogP contribution in [0.25, 0.3) is 0 Å². The Hall–Kier alpha value is 0. The van der Waals surface area contributed by atoms with E-state index in [0.717, 1.165) is 44.3 Å². The second-order valence-corrected chi connectivity index (χ2v) is 18.6. The molecule has 27 atom stereocenters. The first-order chi connectivity index (χ1) is 15.6. The molecule has 0 radical (unpaired) electrons. The van der Waals surface area contributed by atoms with Gasteiger partial charge >= 0.3 is 0 Å². The van der Waals surface area contributed by atoms with E-state index >= 15 is 0 Å². The quantitative estimate of drug-likeness (QED) is 0.525. The zero-order valence-electron chi connectivity index (χ0n) is 19.5. The summed E-state index contributed by atoms with van der Waals surface area (Å²) in [5.74, 6) is 26.7. The summed E-state index contributed by atoms with van der Waals surface area (Å²) in [5.41, 5.74) is 5.68. The molecule has 0 aromatic rings. The summed E-state index contributed by atoms with van der Waals surface area (Å²) >= 11 is 0. The van der Waals surface area contributed by atoms with Gasteiger partial charge in [-0.05, 0) is 170 Å². The molecule has 32 heavy (non-hydrogen) atoms. The molecule has 0 heteroatoms. The van der Waals surface area contributed by atoms with Crippen molar-refractivity contribution in [3.8, 4) is 0 Å². The predicted molar refractivity (Wildman–Crippen MR) is 114 cm³/mol. The van der Waals surface area contributed by atoms with Crippen molar-refractivity contribution in [2.75, 3.05) is 0 Å². The molecule has 0 amide bonds. The minimum atomic E-state index is 0.771. The maximum absolute atomic E-state index is 2.92. The molecule has 16 saturated carbocycles. The zero-order valence-corrected chi connectivity index (χ0v) is 19.5. The van der Waals surface area contributed by atoms with Crippen molar-refractivity contribution in [3.63, 3.8) is 0 Å². The van der Waals surface area contributed by atoms with Crippen molar-refractivity contribution in [3.05, 3.63) is 0 Å². The van der Waals surface area contributed by atoms with Gasteiger partial charge in [0.1, 0.15) is 0 Å². The summed E-state index contributed by atoms with van der Waals surface area (Å²) in [5, 5.41) is 0. The van der Waals surface area contributed by atoms with Gasteiger partial charge in [-0.2, -0.15) is 0 Å². The molecular formula is C32H34. The van der Waals surface area contributed by atoms with Crippen LogP contribution >= 0.6 is 0 Å². The number of hydrogen-bond donors (Lipinski definition) is 0.